The van der Waals surface area contributed by atoms with Crippen LogP contribution in [0.5, 0.6) is 0 Å². The van der Waals surface area contributed by atoms with E-state index < -0.39 is 14.6 Å². The quantitative estimate of drug-likeness (QED) is 0.385. The van der Waals surface area contributed by atoms with Crippen LogP contribution in [-0.4, -0.2) is 46.6 Å². The van der Waals surface area contributed by atoms with Crippen LogP contribution in [0, 0.1) is 12.3 Å². The van der Waals surface area contributed by atoms with Gasteiger partial charge in [-0.25, -0.2) is 0 Å². The van der Waals surface area contributed by atoms with Crippen molar-refractivity contribution in [2.45, 2.75) is 57.4 Å². The molecule has 0 aromatic rings. The highest BCUT2D eigenvalue weighted by Crippen LogP contribution is 2.37. The maximum atomic E-state index is 6.27. The van der Waals surface area contributed by atoms with Crippen LogP contribution in [0.1, 0.15) is 20.8 Å². The summed E-state index contributed by atoms with van der Waals surface area (Å²) in [5, 5.41) is 0.144. The molecule has 1 aliphatic rings. The first-order valence-corrected chi connectivity index (χ1v) is 10.9. The van der Waals surface area contributed by atoms with E-state index in [-0.39, 0.29) is 23.9 Å². The van der Waals surface area contributed by atoms with E-state index in [0.717, 1.165) is 0 Å². The predicted octanol–water partition coefficient (Wildman–Crippen LogP) is 3.51. The molecule has 1 rings (SSSR count). The Balaban J connectivity index is 2.71. The highest BCUT2D eigenvalue weighted by atomic mass is 28.4. The van der Waals surface area contributed by atoms with Crippen molar-refractivity contribution >= 4 is 8.32 Å². The molecule has 4 nitrogen and oxygen atoms in total. The van der Waals surface area contributed by atoms with Crippen LogP contribution in [-0.2, 0) is 18.6 Å². The zero-order valence-electron chi connectivity index (χ0n) is 15.0. The second-order valence-electron chi connectivity index (χ2n) is 7.10. The maximum absolute atomic E-state index is 6.27. The minimum absolute atomic E-state index is 0.144. The summed E-state index contributed by atoms with van der Waals surface area (Å²) >= 11 is 0. The number of rotatable bonds is 8. The lowest BCUT2D eigenvalue weighted by molar-refractivity contribution is -0.180. The monoisotopic (exact) mass is 338 g/mol. The lowest BCUT2D eigenvalue weighted by atomic mass is 10.1. The van der Waals surface area contributed by atoms with Gasteiger partial charge in [0, 0.05) is 0 Å². The number of hydrogen-bond acceptors (Lipinski definition) is 4. The summed E-state index contributed by atoms with van der Waals surface area (Å²) < 4.78 is 23.4. The first kappa shape index (κ1) is 20.1. The van der Waals surface area contributed by atoms with E-state index in [1.165, 1.54) is 0 Å². The average Bonchev–Trinajstić information content (AvgIpc) is 2.48. The largest absolute Gasteiger partial charge is 0.414 e. The van der Waals surface area contributed by atoms with Crippen LogP contribution < -0.4 is 0 Å². The van der Waals surface area contributed by atoms with Gasteiger partial charge in [-0.3, -0.25) is 0 Å². The molecule has 1 aliphatic heterocycles. The molecule has 0 saturated carbocycles. The first-order valence-electron chi connectivity index (χ1n) is 7.96. The standard InChI is InChI=1S/C18H30O4Si/c1-8-12-19-15-10-11-17(20-13-9-2)22-16(15)14-21-23(6,7)18(3,4)5/h1,9-11,15-17H,2,12-14H2,3-7H3/t15-,16+,17-/m0/s1. The third-order valence-corrected chi connectivity index (χ3v) is 8.79. The molecule has 0 bridgehead atoms. The van der Waals surface area contributed by atoms with Gasteiger partial charge in [-0.2, -0.15) is 0 Å². The van der Waals surface area contributed by atoms with Crippen molar-refractivity contribution in [3.05, 3.63) is 24.8 Å². The second-order valence-corrected chi connectivity index (χ2v) is 11.9. The van der Waals surface area contributed by atoms with Crippen molar-refractivity contribution in [1.29, 1.82) is 0 Å². The number of terminal acetylenes is 1. The second kappa shape index (κ2) is 8.81. The van der Waals surface area contributed by atoms with Crippen molar-refractivity contribution in [2.75, 3.05) is 19.8 Å². The van der Waals surface area contributed by atoms with E-state index in [9.17, 15) is 0 Å². The van der Waals surface area contributed by atoms with Crippen LogP contribution in [0.3, 0.4) is 0 Å². The summed E-state index contributed by atoms with van der Waals surface area (Å²) in [7, 11) is -1.85. The molecule has 0 amide bonds. The van der Waals surface area contributed by atoms with Gasteiger partial charge in [0.15, 0.2) is 14.6 Å². The summed E-state index contributed by atoms with van der Waals surface area (Å²) in [4.78, 5) is 0. The zero-order valence-corrected chi connectivity index (χ0v) is 16.0. The summed E-state index contributed by atoms with van der Waals surface area (Å²) in [6, 6.07) is 0. The lowest BCUT2D eigenvalue weighted by Gasteiger charge is -2.39. The highest BCUT2D eigenvalue weighted by Gasteiger charge is 2.39. The van der Waals surface area contributed by atoms with Crippen LogP contribution in [0.4, 0.5) is 0 Å². The predicted molar refractivity (Wildman–Crippen MR) is 95.7 cm³/mol. The maximum Gasteiger partial charge on any atom is 0.192 e. The van der Waals surface area contributed by atoms with Crippen molar-refractivity contribution < 1.29 is 18.6 Å². The fourth-order valence-electron chi connectivity index (χ4n) is 1.83. The molecule has 0 aromatic heterocycles. The Morgan fingerprint density at radius 2 is 2.00 bits per heavy atom. The molecule has 1 heterocycles. The molecular weight excluding hydrogens is 308 g/mol. The normalized spacial score (nSPS) is 25.1. The van der Waals surface area contributed by atoms with Crippen molar-refractivity contribution in [2.24, 2.45) is 0 Å². The Labute approximate surface area is 142 Å². The van der Waals surface area contributed by atoms with Gasteiger partial charge >= 0.3 is 0 Å². The molecular formula is C18H30O4Si. The third kappa shape index (κ3) is 6.25. The average molecular weight is 339 g/mol. The van der Waals surface area contributed by atoms with Crippen LogP contribution in [0.15, 0.2) is 24.8 Å². The van der Waals surface area contributed by atoms with E-state index in [4.69, 9.17) is 25.1 Å². The zero-order chi connectivity index (χ0) is 17.5. The summed E-state index contributed by atoms with van der Waals surface area (Å²) in [5.41, 5.74) is 0. The van der Waals surface area contributed by atoms with Gasteiger partial charge in [0.25, 0.3) is 0 Å². The van der Waals surface area contributed by atoms with Crippen LogP contribution in [0.25, 0.3) is 0 Å². The Morgan fingerprint density at radius 1 is 1.30 bits per heavy atom. The van der Waals surface area contributed by atoms with Crippen molar-refractivity contribution in [3.8, 4) is 12.3 Å². The smallest absolute Gasteiger partial charge is 0.192 e. The molecule has 130 valence electrons. The topological polar surface area (TPSA) is 36.9 Å². The van der Waals surface area contributed by atoms with Crippen molar-refractivity contribution in [1.82, 2.24) is 0 Å². The summed E-state index contributed by atoms with van der Waals surface area (Å²) in [5.74, 6) is 2.49. The Kier molecular flexibility index (Phi) is 7.72. The van der Waals surface area contributed by atoms with E-state index in [2.05, 4.69) is 46.4 Å². The van der Waals surface area contributed by atoms with Crippen LogP contribution >= 0.6 is 0 Å². The summed E-state index contributed by atoms with van der Waals surface area (Å²) in [6.45, 7) is 15.8. The molecule has 0 spiro atoms. The molecule has 0 unspecified atom stereocenters. The van der Waals surface area contributed by atoms with Gasteiger partial charge in [0.2, 0.25) is 0 Å². The highest BCUT2D eigenvalue weighted by molar-refractivity contribution is 6.74. The van der Waals surface area contributed by atoms with E-state index in [1.54, 1.807) is 6.08 Å². The van der Waals surface area contributed by atoms with Gasteiger partial charge in [-0.1, -0.05) is 38.8 Å². The fraction of sp³-hybridized carbons (Fsp3) is 0.667. The van der Waals surface area contributed by atoms with Gasteiger partial charge in [-0.05, 0) is 24.2 Å². The number of ether oxygens (including phenoxy) is 3. The van der Waals surface area contributed by atoms with E-state index in [1.807, 2.05) is 12.2 Å². The Morgan fingerprint density at radius 3 is 2.57 bits per heavy atom. The van der Waals surface area contributed by atoms with Gasteiger partial charge in [0.1, 0.15) is 18.8 Å². The molecule has 23 heavy (non-hydrogen) atoms. The molecule has 0 N–H and O–H groups in total. The first-order chi connectivity index (χ1) is 10.7. The summed E-state index contributed by atoms with van der Waals surface area (Å²) in [6.07, 6.45) is 9.89. The molecule has 0 saturated heterocycles. The van der Waals surface area contributed by atoms with Gasteiger partial charge < -0.3 is 18.6 Å². The minimum atomic E-state index is -1.85. The SMILES string of the molecule is C#CCO[C@H]1C=C[C@@H](OCC=C)O[C@@H]1CO[Si](C)(C)C(C)(C)C. The Bertz CT molecular complexity index is 445. The fourth-order valence-corrected chi connectivity index (χ4v) is 2.84. The van der Waals surface area contributed by atoms with Crippen LogP contribution in [0.2, 0.25) is 18.1 Å². The molecule has 0 radical (unpaired) electrons. The number of hydrogen-bond donors (Lipinski definition) is 0. The lowest BCUT2D eigenvalue weighted by Crippen LogP contribution is -2.47. The Hall–Kier alpha value is -0.903. The van der Waals surface area contributed by atoms with Crippen molar-refractivity contribution in [3.63, 3.8) is 0 Å². The molecule has 3 atom stereocenters. The molecule has 0 aromatic carbocycles. The third-order valence-electron chi connectivity index (χ3n) is 4.29. The van der Waals surface area contributed by atoms with Gasteiger partial charge in [0.05, 0.1) is 13.2 Å². The van der Waals surface area contributed by atoms with Gasteiger partial charge in [-0.15, -0.1) is 13.0 Å². The molecule has 0 aliphatic carbocycles. The van der Waals surface area contributed by atoms with E-state index >= 15 is 0 Å². The van der Waals surface area contributed by atoms with E-state index in [0.29, 0.717) is 13.2 Å². The minimum Gasteiger partial charge on any atom is -0.414 e. The molecule has 0 fully saturated rings. The molecule has 5 heteroatoms.